The normalized spacial score (nSPS) is 16.7. The van der Waals surface area contributed by atoms with E-state index in [0.29, 0.717) is 0 Å². The molecule has 108 valence electrons. The van der Waals surface area contributed by atoms with Gasteiger partial charge in [0.1, 0.15) is 6.33 Å². The molecule has 0 aromatic carbocycles. The number of anilines is 1. The maximum absolute atomic E-state index is 4.27. The Morgan fingerprint density at radius 1 is 1.14 bits per heavy atom. The van der Waals surface area contributed by atoms with Crippen molar-refractivity contribution in [2.24, 2.45) is 0 Å². The summed E-state index contributed by atoms with van der Waals surface area (Å²) in [6.07, 6.45) is 6.94. The Morgan fingerprint density at radius 2 is 2.05 bits per heavy atom. The maximum atomic E-state index is 4.27. The predicted octanol–water partition coefficient (Wildman–Crippen LogP) is 0.170. The molecule has 1 aliphatic rings. The number of hydrogen-bond donors (Lipinski definition) is 1. The van der Waals surface area contributed by atoms with Gasteiger partial charge in [-0.25, -0.2) is 4.98 Å². The molecule has 4 heterocycles. The Balaban J connectivity index is 1.46. The van der Waals surface area contributed by atoms with Gasteiger partial charge >= 0.3 is 0 Å². The second-order valence-corrected chi connectivity index (χ2v) is 5.14. The Hall–Kier alpha value is -2.48. The summed E-state index contributed by atoms with van der Waals surface area (Å²) >= 11 is 0. The van der Waals surface area contributed by atoms with Crippen LogP contribution in [0.4, 0.5) is 5.82 Å². The number of hydrogen-bond acceptors (Lipinski definition) is 6. The highest BCUT2D eigenvalue weighted by molar-refractivity contribution is 5.46. The summed E-state index contributed by atoms with van der Waals surface area (Å²) < 4.78 is 1.84. The molecule has 8 heteroatoms. The van der Waals surface area contributed by atoms with Crippen LogP contribution in [-0.2, 0) is 6.54 Å². The first-order chi connectivity index (χ1) is 10.4. The summed E-state index contributed by atoms with van der Waals surface area (Å²) in [4.78, 5) is 13.1. The SMILES string of the molecule is c1cc(CN2CCN(c3cncc4ncnn34)CC2)[nH]n1. The summed E-state index contributed by atoms with van der Waals surface area (Å²) in [7, 11) is 0. The van der Waals surface area contributed by atoms with Gasteiger partial charge in [0.05, 0.1) is 12.4 Å². The minimum atomic E-state index is 0.785. The van der Waals surface area contributed by atoms with Gasteiger partial charge in [0, 0.05) is 44.6 Å². The molecule has 0 bridgehead atoms. The molecule has 3 aromatic rings. The minimum Gasteiger partial charge on any atom is -0.353 e. The third-order valence-corrected chi connectivity index (χ3v) is 3.82. The Morgan fingerprint density at radius 3 is 2.86 bits per heavy atom. The molecular weight excluding hydrogens is 268 g/mol. The van der Waals surface area contributed by atoms with Gasteiger partial charge in [-0.15, -0.1) is 0 Å². The van der Waals surface area contributed by atoms with Gasteiger partial charge in [0.15, 0.2) is 11.5 Å². The molecule has 0 atom stereocenters. The lowest BCUT2D eigenvalue weighted by molar-refractivity contribution is 0.246. The average Bonchev–Trinajstić information content (AvgIpc) is 3.18. The van der Waals surface area contributed by atoms with E-state index in [1.165, 1.54) is 0 Å². The lowest BCUT2D eigenvalue weighted by Gasteiger charge is -2.35. The molecular formula is C13H16N8. The highest BCUT2D eigenvalue weighted by atomic mass is 15.4. The van der Waals surface area contributed by atoms with Gasteiger partial charge in [0.2, 0.25) is 0 Å². The molecule has 4 rings (SSSR count). The smallest absolute Gasteiger partial charge is 0.175 e. The van der Waals surface area contributed by atoms with Crippen LogP contribution in [0.25, 0.3) is 5.65 Å². The molecule has 3 aromatic heterocycles. The minimum absolute atomic E-state index is 0.785. The molecule has 0 unspecified atom stereocenters. The van der Waals surface area contributed by atoms with Crippen molar-refractivity contribution in [3.05, 3.63) is 36.7 Å². The van der Waals surface area contributed by atoms with Gasteiger partial charge in [-0.2, -0.15) is 14.7 Å². The molecule has 8 nitrogen and oxygen atoms in total. The standard InChI is InChI=1S/C13H16N8/c1-2-16-18-11(1)9-19-3-5-20(6-4-19)13-8-14-7-12-15-10-17-21(12)13/h1-2,7-8,10H,3-6,9H2,(H,16,18). The van der Waals surface area contributed by atoms with Crippen LogP contribution in [-0.4, -0.2) is 60.9 Å². The van der Waals surface area contributed by atoms with E-state index in [9.17, 15) is 0 Å². The van der Waals surface area contributed by atoms with Crippen molar-refractivity contribution in [1.82, 2.24) is 34.7 Å². The maximum Gasteiger partial charge on any atom is 0.175 e. The molecule has 0 radical (unpaired) electrons. The average molecular weight is 284 g/mol. The quantitative estimate of drug-likeness (QED) is 0.738. The fraction of sp³-hybridized carbons (Fsp3) is 0.385. The number of fused-ring (bicyclic) bond motifs is 1. The summed E-state index contributed by atoms with van der Waals surface area (Å²) in [5.74, 6) is 1.01. The van der Waals surface area contributed by atoms with E-state index in [4.69, 9.17) is 0 Å². The number of aromatic amines is 1. The molecule has 1 N–H and O–H groups in total. The van der Waals surface area contributed by atoms with E-state index in [1.54, 1.807) is 18.7 Å². The van der Waals surface area contributed by atoms with Crippen LogP contribution in [0.1, 0.15) is 5.69 Å². The fourth-order valence-electron chi connectivity index (χ4n) is 2.70. The lowest BCUT2D eigenvalue weighted by atomic mass is 10.3. The van der Waals surface area contributed by atoms with Crippen molar-refractivity contribution in [2.45, 2.75) is 6.54 Å². The summed E-state index contributed by atoms with van der Waals surface area (Å²) in [6, 6.07) is 2.02. The first-order valence-corrected chi connectivity index (χ1v) is 6.99. The Kier molecular flexibility index (Phi) is 3.00. The Labute approximate surface area is 121 Å². The van der Waals surface area contributed by atoms with Crippen LogP contribution in [0.3, 0.4) is 0 Å². The van der Waals surface area contributed by atoms with E-state index in [2.05, 4.69) is 35.1 Å². The van der Waals surface area contributed by atoms with Gasteiger partial charge in [0.25, 0.3) is 0 Å². The van der Waals surface area contributed by atoms with Crippen molar-refractivity contribution in [2.75, 3.05) is 31.1 Å². The molecule has 0 aliphatic carbocycles. The van der Waals surface area contributed by atoms with Crippen molar-refractivity contribution in [3.8, 4) is 0 Å². The zero-order valence-corrected chi connectivity index (χ0v) is 11.6. The topological polar surface area (TPSA) is 78.2 Å². The Bertz CT molecular complexity index is 711. The number of nitrogens with one attached hydrogen (secondary N) is 1. The first-order valence-electron chi connectivity index (χ1n) is 6.99. The van der Waals surface area contributed by atoms with E-state index < -0.39 is 0 Å². The van der Waals surface area contributed by atoms with E-state index in [0.717, 1.165) is 49.9 Å². The second kappa shape index (κ2) is 5.13. The van der Waals surface area contributed by atoms with Crippen LogP contribution in [0, 0.1) is 0 Å². The third kappa shape index (κ3) is 2.33. The van der Waals surface area contributed by atoms with Crippen LogP contribution in [0.2, 0.25) is 0 Å². The number of aromatic nitrogens is 6. The molecule has 0 spiro atoms. The van der Waals surface area contributed by atoms with Crippen LogP contribution in [0.15, 0.2) is 31.0 Å². The monoisotopic (exact) mass is 284 g/mol. The van der Waals surface area contributed by atoms with Crippen molar-refractivity contribution < 1.29 is 0 Å². The molecule has 1 fully saturated rings. The summed E-state index contributed by atoms with van der Waals surface area (Å²) in [5.41, 5.74) is 1.94. The second-order valence-electron chi connectivity index (χ2n) is 5.14. The zero-order chi connectivity index (χ0) is 14.1. The highest BCUT2D eigenvalue weighted by Gasteiger charge is 2.20. The number of piperazine rings is 1. The number of nitrogens with zero attached hydrogens (tertiary/aromatic N) is 7. The number of rotatable bonds is 3. The highest BCUT2D eigenvalue weighted by Crippen LogP contribution is 2.16. The molecule has 0 amide bonds. The molecule has 1 saturated heterocycles. The zero-order valence-electron chi connectivity index (χ0n) is 11.6. The molecule has 0 saturated carbocycles. The largest absolute Gasteiger partial charge is 0.353 e. The van der Waals surface area contributed by atoms with Crippen LogP contribution >= 0.6 is 0 Å². The van der Waals surface area contributed by atoms with Gasteiger partial charge in [-0.1, -0.05) is 0 Å². The van der Waals surface area contributed by atoms with Crippen molar-refractivity contribution in [1.29, 1.82) is 0 Å². The third-order valence-electron chi connectivity index (χ3n) is 3.82. The van der Waals surface area contributed by atoms with E-state index in [-0.39, 0.29) is 0 Å². The van der Waals surface area contributed by atoms with Gasteiger partial charge in [-0.05, 0) is 6.07 Å². The fourth-order valence-corrected chi connectivity index (χ4v) is 2.70. The van der Waals surface area contributed by atoms with Crippen LogP contribution < -0.4 is 4.90 Å². The van der Waals surface area contributed by atoms with Gasteiger partial charge in [-0.3, -0.25) is 15.0 Å². The van der Waals surface area contributed by atoms with Crippen molar-refractivity contribution >= 4 is 11.5 Å². The molecule has 21 heavy (non-hydrogen) atoms. The van der Waals surface area contributed by atoms with E-state index in [1.807, 2.05) is 16.8 Å². The van der Waals surface area contributed by atoms with E-state index >= 15 is 0 Å². The summed E-state index contributed by atoms with van der Waals surface area (Å²) in [5, 5.41) is 11.3. The van der Waals surface area contributed by atoms with Crippen molar-refractivity contribution in [3.63, 3.8) is 0 Å². The van der Waals surface area contributed by atoms with Crippen LogP contribution in [0.5, 0.6) is 0 Å². The summed E-state index contributed by atoms with van der Waals surface area (Å²) in [6.45, 7) is 4.83. The lowest BCUT2D eigenvalue weighted by Crippen LogP contribution is -2.46. The number of H-pyrrole nitrogens is 1. The van der Waals surface area contributed by atoms with Gasteiger partial charge < -0.3 is 4.90 Å². The predicted molar refractivity (Wildman–Crippen MR) is 76.9 cm³/mol. The molecule has 1 aliphatic heterocycles. The first kappa shape index (κ1) is 12.3.